The lowest BCUT2D eigenvalue weighted by Gasteiger charge is -2.20. The van der Waals surface area contributed by atoms with Crippen LogP contribution in [0.5, 0.6) is 5.75 Å². The zero-order valence-electron chi connectivity index (χ0n) is 22.4. The predicted molar refractivity (Wildman–Crippen MR) is 138 cm³/mol. The third kappa shape index (κ3) is 6.81. The number of unbranched alkanes of at least 4 members (excludes halogenated alkanes) is 1. The van der Waals surface area contributed by atoms with E-state index in [0.717, 1.165) is 18.2 Å². The molecule has 0 heterocycles. The molecule has 0 N–H and O–H groups in total. The van der Waals surface area contributed by atoms with E-state index in [0.29, 0.717) is 31.0 Å². The fourth-order valence-electron chi connectivity index (χ4n) is 4.07. The van der Waals surface area contributed by atoms with Gasteiger partial charge in [0.25, 0.3) is 0 Å². The summed E-state index contributed by atoms with van der Waals surface area (Å²) in [6.07, 6.45) is -3.45. The molecule has 44 heavy (non-hydrogen) atoms. The molecule has 4 rings (SSSR count). The fourth-order valence-corrected chi connectivity index (χ4v) is 4.07. The molecule has 0 amide bonds. The standard InChI is InChI=1S/C31H19F11O2/c1-2-3-8-43-30(40)28(38)16-4-6-19(21(32)10-16)15-5-7-20(22(33)9-15)31(41,42)44-18-13-23(34)27(24(35)14-18)17-11-25(36)29(39)26(37)12-17/h4-7,9-14H,2-3,8H2,1H3. The third-order valence-corrected chi connectivity index (χ3v) is 6.25. The van der Waals surface area contributed by atoms with Crippen molar-refractivity contribution in [3.63, 3.8) is 0 Å². The van der Waals surface area contributed by atoms with Crippen LogP contribution >= 0.6 is 0 Å². The molecule has 0 fully saturated rings. The Morgan fingerprint density at radius 3 is 1.86 bits per heavy atom. The summed E-state index contributed by atoms with van der Waals surface area (Å²) < 4.78 is 166. The lowest BCUT2D eigenvalue weighted by atomic mass is 10.0. The minimum Gasteiger partial charge on any atom is -0.469 e. The molecule has 0 saturated heterocycles. The van der Waals surface area contributed by atoms with E-state index in [1.54, 1.807) is 6.92 Å². The van der Waals surface area contributed by atoms with Gasteiger partial charge in [0.2, 0.25) is 5.83 Å². The summed E-state index contributed by atoms with van der Waals surface area (Å²) in [5.41, 5.74) is -4.46. The predicted octanol–water partition coefficient (Wildman–Crippen LogP) is 10.5. The molecule has 0 atom stereocenters. The van der Waals surface area contributed by atoms with E-state index in [4.69, 9.17) is 0 Å². The second kappa shape index (κ2) is 13.0. The van der Waals surface area contributed by atoms with Gasteiger partial charge in [0, 0.05) is 23.3 Å². The summed E-state index contributed by atoms with van der Waals surface area (Å²) in [5, 5.41) is 0. The zero-order valence-corrected chi connectivity index (χ0v) is 22.4. The molecule has 0 aliphatic rings. The number of hydrogen-bond donors (Lipinski definition) is 0. The number of hydrogen-bond acceptors (Lipinski definition) is 2. The van der Waals surface area contributed by atoms with Crippen LogP contribution in [-0.4, -0.2) is 6.61 Å². The highest BCUT2D eigenvalue weighted by atomic mass is 19.3. The van der Waals surface area contributed by atoms with Crippen molar-refractivity contribution in [1.29, 1.82) is 0 Å². The highest BCUT2D eigenvalue weighted by Gasteiger charge is 2.38. The molecular formula is C31H19F11O2. The molecule has 4 aromatic carbocycles. The number of halogens is 11. The van der Waals surface area contributed by atoms with Gasteiger partial charge in [0.05, 0.1) is 17.7 Å². The van der Waals surface area contributed by atoms with Gasteiger partial charge in [-0.3, -0.25) is 0 Å². The second-order valence-corrected chi connectivity index (χ2v) is 9.31. The van der Waals surface area contributed by atoms with Gasteiger partial charge >= 0.3 is 12.1 Å². The highest BCUT2D eigenvalue weighted by molar-refractivity contribution is 5.69. The normalized spacial score (nSPS) is 12.3. The van der Waals surface area contributed by atoms with E-state index < -0.39 is 86.7 Å². The van der Waals surface area contributed by atoms with Crippen LogP contribution < -0.4 is 4.74 Å². The van der Waals surface area contributed by atoms with Crippen molar-refractivity contribution in [3.05, 3.63) is 119 Å². The van der Waals surface area contributed by atoms with Crippen LogP contribution in [0.25, 0.3) is 28.1 Å². The summed E-state index contributed by atoms with van der Waals surface area (Å²) in [6.45, 7) is 1.69. The summed E-state index contributed by atoms with van der Waals surface area (Å²) in [7, 11) is 0. The highest BCUT2D eigenvalue weighted by Crippen LogP contribution is 2.38. The van der Waals surface area contributed by atoms with Crippen molar-refractivity contribution >= 4 is 5.83 Å². The van der Waals surface area contributed by atoms with Crippen LogP contribution in [0.3, 0.4) is 0 Å². The minimum absolute atomic E-state index is 0.107. The number of alkyl halides is 2. The van der Waals surface area contributed by atoms with Gasteiger partial charge in [-0.15, -0.1) is 0 Å². The van der Waals surface area contributed by atoms with Crippen molar-refractivity contribution in [1.82, 2.24) is 0 Å². The van der Waals surface area contributed by atoms with E-state index in [-0.39, 0.29) is 42.0 Å². The average Bonchev–Trinajstić information content (AvgIpc) is 2.94. The molecule has 0 aromatic heterocycles. The molecule has 2 nitrogen and oxygen atoms in total. The Morgan fingerprint density at radius 2 is 1.30 bits per heavy atom. The van der Waals surface area contributed by atoms with Crippen LogP contribution in [0.15, 0.2) is 66.7 Å². The molecular weight excluding hydrogens is 613 g/mol. The lowest BCUT2D eigenvalue weighted by molar-refractivity contribution is -0.187. The van der Waals surface area contributed by atoms with Crippen LogP contribution in [0.1, 0.15) is 30.9 Å². The SMILES string of the molecule is CCCCOC(F)=C(F)c1ccc(-c2ccc(C(F)(F)Oc3cc(F)c(-c4cc(F)c(F)c(F)c4)c(F)c3)c(F)c2)c(F)c1. The summed E-state index contributed by atoms with van der Waals surface area (Å²) in [4.78, 5) is 0. The topological polar surface area (TPSA) is 18.5 Å². The largest absolute Gasteiger partial charge is 0.469 e. The van der Waals surface area contributed by atoms with Crippen LogP contribution in [-0.2, 0) is 10.8 Å². The molecule has 13 heteroatoms. The number of ether oxygens (including phenoxy) is 2. The maximum absolute atomic E-state index is 14.9. The first-order chi connectivity index (χ1) is 20.7. The zero-order chi connectivity index (χ0) is 32.3. The van der Waals surface area contributed by atoms with Gasteiger partial charge in [-0.2, -0.15) is 17.6 Å². The van der Waals surface area contributed by atoms with Crippen LogP contribution in [0, 0.1) is 40.7 Å². The van der Waals surface area contributed by atoms with Crippen LogP contribution in [0.4, 0.5) is 48.3 Å². The molecule has 232 valence electrons. The summed E-state index contributed by atoms with van der Waals surface area (Å²) in [5.74, 6) is -14.1. The molecule has 0 aliphatic carbocycles. The van der Waals surface area contributed by atoms with E-state index in [1.807, 2.05) is 0 Å². The maximum atomic E-state index is 14.9. The van der Waals surface area contributed by atoms with Crippen molar-refractivity contribution in [2.75, 3.05) is 6.61 Å². The van der Waals surface area contributed by atoms with Gasteiger partial charge in [-0.05, 0) is 47.9 Å². The van der Waals surface area contributed by atoms with Gasteiger partial charge < -0.3 is 9.47 Å². The minimum atomic E-state index is -4.55. The second-order valence-electron chi connectivity index (χ2n) is 9.31. The monoisotopic (exact) mass is 632 g/mol. The molecule has 0 saturated carbocycles. The molecule has 0 unspecified atom stereocenters. The molecule has 4 aromatic rings. The molecule has 0 aliphatic heterocycles. The molecule has 0 radical (unpaired) electrons. The smallest absolute Gasteiger partial charge is 0.429 e. The molecule has 0 spiro atoms. The first-order valence-electron chi connectivity index (χ1n) is 12.7. The van der Waals surface area contributed by atoms with Gasteiger partial charge in [0.15, 0.2) is 17.5 Å². The Hall–Kier alpha value is -4.55. The first-order valence-corrected chi connectivity index (χ1v) is 12.7. The van der Waals surface area contributed by atoms with Gasteiger partial charge in [-0.1, -0.05) is 31.5 Å². The first kappa shape index (κ1) is 32.4. The molecule has 0 bridgehead atoms. The van der Waals surface area contributed by atoms with Crippen molar-refractivity contribution < 1.29 is 57.8 Å². The van der Waals surface area contributed by atoms with Gasteiger partial charge in [0.1, 0.15) is 29.0 Å². The summed E-state index contributed by atoms with van der Waals surface area (Å²) >= 11 is 0. The summed E-state index contributed by atoms with van der Waals surface area (Å²) in [6, 6.07) is 3.86. The average molecular weight is 632 g/mol. The number of benzene rings is 4. The Bertz CT molecular complexity index is 1690. The fraction of sp³-hybridized carbons (Fsp3) is 0.161. The van der Waals surface area contributed by atoms with Crippen LogP contribution in [0.2, 0.25) is 0 Å². The Balaban J connectivity index is 1.58. The Morgan fingerprint density at radius 1 is 0.682 bits per heavy atom. The Kier molecular flexibility index (Phi) is 9.55. The Labute approximate surface area is 243 Å². The maximum Gasteiger partial charge on any atom is 0.429 e. The quantitative estimate of drug-likeness (QED) is 0.0750. The van der Waals surface area contributed by atoms with E-state index in [2.05, 4.69) is 9.47 Å². The van der Waals surface area contributed by atoms with Crippen molar-refractivity contribution in [2.24, 2.45) is 0 Å². The number of rotatable bonds is 10. The van der Waals surface area contributed by atoms with E-state index in [9.17, 15) is 48.3 Å². The van der Waals surface area contributed by atoms with Crippen molar-refractivity contribution in [2.45, 2.75) is 25.9 Å². The lowest BCUT2D eigenvalue weighted by Crippen LogP contribution is -2.23. The third-order valence-electron chi connectivity index (χ3n) is 6.25. The van der Waals surface area contributed by atoms with Crippen molar-refractivity contribution in [3.8, 4) is 28.0 Å². The van der Waals surface area contributed by atoms with E-state index in [1.165, 1.54) is 0 Å². The van der Waals surface area contributed by atoms with E-state index >= 15 is 0 Å². The van der Waals surface area contributed by atoms with Gasteiger partial charge in [-0.25, -0.2) is 30.7 Å².